The number of hydrogen-bond donors (Lipinski definition) is 0. The van der Waals surface area contributed by atoms with Crippen molar-refractivity contribution in [2.75, 3.05) is 0 Å². The highest BCUT2D eigenvalue weighted by Gasteiger charge is 2.24. The largest absolute Gasteiger partial charge is 0.309 e. The summed E-state index contributed by atoms with van der Waals surface area (Å²) in [5.41, 5.74) is 9.74. The highest BCUT2D eigenvalue weighted by molar-refractivity contribution is 7.26. The minimum atomic E-state index is 0.633. The summed E-state index contributed by atoms with van der Waals surface area (Å²) in [5.74, 6) is 1.92. The molecule has 14 aromatic rings. The highest BCUT2D eigenvalue weighted by Crippen LogP contribution is 2.46. The Kier molecular flexibility index (Phi) is 7.66. The van der Waals surface area contributed by atoms with Crippen LogP contribution in [-0.2, 0) is 0 Å². The molecule has 0 bridgehead atoms. The minimum Gasteiger partial charge on any atom is -0.309 e. The van der Waals surface area contributed by atoms with Gasteiger partial charge in [-0.2, -0.15) is 0 Å². The SMILES string of the molecule is c1ccc(-c2nc(-c3cc(-n4c5ccccc5c5c6c7ccccc7n(-c7ccccc7)c6ccc54)c4c(c3)sc3ccccc34)nc(-c3ccc4sc5ccccc5c4c3)n2)cc1. The molecule has 0 unspecified atom stereocenters. The molecular weight excluding hydrogens is 819 g/mol. The lowest BCUT2D eigenvalue weighted by Crippen LogP contribution is -2.01. The van der Waals surface area contributed by atoms with Crippen molar-refractivity contribution in [3.63, 3.8) is 0 Å². The van der Waals surface area contributed by atoms with Crippen LogP contribution >= 0.6 is 22.7 Å². The summed E-state index contributed by atoms with van der Waals surface area (Å²) in [6.45, 7) is 0. The summed E-state index contributed by atoms with van der Waals surface area (Å²) < 4.78 is 9.82. The Morgan fingerprint density at radius 1 is 0.297 bits per heavy atom. The van der Waals surface area contributed by atoms with Gasteiger partial charge in [0.25, 0.3) is 0 Å². The Bertz CT molecular complexity index is 4200. The van der Waals surface area contributed by atoms with E-state index in [9.17, 15) is 0 Å². The summed E-state index contributed by atoms with van der Waals surface area (Å²) in [7, 11) is 0. The molecule has 0 radical (unpaired) electrons. The van der Waals surface area contributed by atoms with Crippen LogP contribution in [0.4, 0.5) is 0 Å². The first-order valence-electron chi connectivity index (χ1n) is 21.4. The van der Waals surface area contributed by atoms with Crippen molar-refractivity contribution in [1.82, 2.24) is 24.1 Å². The third-order valence-electron chi connectivity index (χ3n) is 12.7. The zero-order valence-electron chi connectivity index (χ0n) is 34.1. The fourth-order valence-corrected chi connectivity index (χ4v) is 12.2. The van der Waals surface area contributed by atoms with Crippen molar-refractivity contribution in [3.8, 4) is 45.5 Å². The maximum atomic E-state index is 5.36. The standard InChI is InChI=1S/C57H33N5S2/c1-3-15-34(16-4-1)55-58-56(35-27-30-50-42(31-35)38-19-9-13-25-48(38)63-50)60-57(59-55)36-32-47(52-41-22-10-14-26-49(41)64-51(52)33-36)62-44-24-12-8-21-40(44)54-46(62)29-28-45-53(54)39-20-7-11-23-43(39)61(45)37-17-5-2-6-18-37/h1-33H. The molecule has 0 atom stereocenters. The first-order valence-corrected chi connectivity index (χ1v) is 23.1. The van der Waals surface area contributed by atoms with Crippen LogP contribution < -0.4 is 0 Å². The number of thiophene rings is 2. The molecule has 5 nitrogen and oxygen atoms in total. The molecule has 298 valence electrons. The summed E-state index contributed by atoms with van der Waals surface area (Å²) in [4.78, 5) is 15.8. The van der Waals surface area contributed by atoms with Crippen molar-refractivity contribution in [2.45, 2.75) is 0 Å². The van der Waals surface area contributed by atoms with Crippen LogP contribution in [0.3, 0.4) is 0 Å². The summed E-state index contributed by atoms with van der Waals surface area (Å²) in [5, 5.41) is 9.83. The fourth-order valence-electron chi connectivity index (χ4n) is 9.99. The van der Waals surface area contributed by atoms with Crippen LogP contribution in [0, 0.1) is 0 Å². The second-order valence-electron chi connectivity index (χ2n) is 16.3. The summed E-state index contributed by atoms with van der Waals surface area (Å²) in [6, 6.07) is 71.9. The topological polar surface area (TPSA) is 48.5 Å². The molecule has 0 amide bonds. The number of benzene rings is 9. The van der Waals surface area contributed by atoms with Crippen LogP contribution in [0.2, 0.25) is 0 Å². The first kappa shape index (κ1) is 35.6. The Morgan fingerprint density at radius 3 is 1.53 bits per heavy atom. The lowest BCUT2D eigenvalue weighted by molar-refractivity contribution is 1.07. The molecule has 9 aromatic carbocycles. The number of para-hydroxylation sites is 3. The quantitative estimate of drug-likeness (QED) is 0.173. The van der Waals surface area contributed by atoms with Crippen molar-refractivity contribution in [3.05, 3.63) is 200 Å². The van der Waals surface area contributed by atoms with Gasteiger partial charge < -0.3 is 9.13 Å². The molecule has 5 heterocycles. The zero-order chi connectivity index (χ0) is 41.9. The molecule has 0 saturated heterocycles. The van der Waals surface area contributed by atoms with Gasteiger partial charge in [0.1, 0.15) is 0 Å². The Hall–Kier alpha value is -7.97. The smallest absolute Gasteiger partial charge is 0.164 e. The van der Waals surface area contributed by atoms with E-state index >= 15 is 0 Å². The molecule has 0 aliphatic rings. The fraction of sp³-hybridized carbons (Fsp3) is 0. The molecule has 0 saturated carbocycles. The van der Waals surface area contributed by atoms with Crippen molar-refractivity contribution < 1.29 is 0 Å². The lowest BCUT2D eigenvalue weighted by atomic mass is 10.0. The van der Waals surface area contributed by atoms with Crippen LogP contribution in [0.15, 0.2) is 200 Å². The van der Waals surface area contributed by atoms with Crippen molar-refractivity contribution in [1.29, 1.82) is 0 Å². The number of hydrogen-bond acceptors (Lipinski definition) is 5. The Balaban J connectivity index is 1.07. The van der Waals surface area contributed by atoms with Crippen molar-refractivity contribution in [2.24, 2.45) is 0 Å². The second kappa shape index (κ2) is 13.8. The van der Waals surface area contributed by atoms with E-state index < -0.39 is 0 Å². The molecule has 64 heavy (non-hydrogen) atoms. The summed E-state index contributed by atoms with van der Waals surface area (Å²) >= 11 is 3.63. The van der Waals surface area contributed by atoms with Gasteiger partial charge in [-0.3, -0.25) is 0 Å². The molecule has 7 heteroatoms. The first-order chi connectivity index (χ1) is 31.7. The van der Waals surface area contributed by atoms with E-state index in [4.69, 9.17) is 15.0 Å². The zero-order valence-corrected chi connectivity index (χ0v) is 35.7. The number of rotatable bonds is 5. The van der Waals surface area contributed by atoms with Gasteiger partial charge in [-0.25, -0.2) is 15.0 Å². The molecule has 5 aromatic heterocycles. The lowest BCUT2D eigenvalue weighted by Gasteiger charge is -2.14. The van der Waals surface area contributed by atoms with Gasteiger partial charge in [-0.15, -0.1) is 22.7 Å². The number of fused-ring (bicyclic) bond motifs is 13. The molecule has 0 aliphatic heterocycles. The Labute approximate surface area is 374 Å². The Morgan fingerprint density at radius 2 is 0.812 bits per heavy atom. The predicted octanol–water partition coefficient (Wildman–Crippen LogP) is 15.8. The third-order valence-corrected chi connectivity index (χ3v) is 15.0. The van der Waals surface area contributed by atoms with E-state index in [0.29, 0.717) is 17.5 Å². The maximum absolute atomic E-state index is 5.36. The van der Waals surface area contributed by atoms with Gasteiger partial charge >= 0.3 is 0 Å². The predicted molar refractivity (Wildman–Crippen MR) is 271 cm³/mol. The van der Waals surface area contributed by atoms with E-state index in [1.165, 1.54) is 72.9 Å². The van der Waals surface area contributed by atoms with Gasteiger partial charge in [0.2, 0.25) is 0 Å². The van der Waals surface area contributed by atoms with Gasteiger partial charge in [-0.05, 0) is 78.9 Å². The van der Waals surface area contributed by atoms with Crippen LogP contribution in [0.25, 0.3) is 129 Å². The summed E-state index contributed by atoms with van der Waals surface area (Å²) in [6.07, 6.45) is 0. The van der Waals surface area contributed by atoms with E-state index in [2.05, 4.69) is 191 Å². The number of nitrogens with zero attached hydrogens (tertiary/aromatic N) is 5. The molecule has 14 rings (SSSR count). The van der Waals surface area contributed by atoms with Crippen LogP contribution in [0.1, 0.15) is 0 Å². The van der Waals surface area contributed by atoms with Gasteiger partial charge in [0, 0.05) is 84.3 Å². The van der Waals surface area contributed by atoms with E-state index in [-0.39, 0.29) is 0 Å². The highest BCUT2D eigenvalue weighted by atomic mass is 32.1. The van der Waals surface area contributed by atoms with E-state index in [0.717, 1.165) is 39.1 Å². The van der Waals surface area contributed by atoms with Crippen LogP contribution in [-0.4, -0.2) is 24.1 Å². The van der Waals surface area contributed by atoms with Crippen molar-refractivity contribution >= 4 is 107 Å². The number of aromatic nitrogens is 5. The molecule has 0 N–H and O–H groups in total. The van der Waals surface area contributed by atoms with Gasteiger partial charge in [0.05, 0.1) is 27.8 Å². The average molecular weight is 852 g/mol. The third kappa shape index (κ3) is 5.26. The van der Waals surface area contributed by atoms with E-state index in [1.54, 1.807) is 0 Å². The monoisotopic (exact) mass is 851 g/mol. The average Bonchev–Trinajstić information content (AvgIpc) is 4.11. The van der Waals surface area contributed by atoms with Crippen LogP contribution in [0.5, 0.6) is 0 Å². The van der Waals surface area contributed by atoms with Gasteiger partial charge in [-0.1, -0.05) is 121 Å². The second-order valence-corrected chi connectivity index (χ2v) is 18.5. The molecule has 0 fully saturated rings. The minimum absolute atomic E-state index is 0.633. The molecule has 0 spiro atoms. The maximum Gasteiger partial charge on any atom is 0.164 e. The van der Waals surface area contributed by atoms with E-state index in [1.807, 2.05) is 40.9 Å². The molecule has 0 aliphatic carbocycles. The normalized spacial score (nSPS) is 12.1. The van der Waals surface area contributed by atoms with Gasteiger partial charge in [0.15, 0.2) is 17.5 Å². The molecular formula is C57H33N5S2.